The molecule has 0 unspecified atom stereocenters. The summed E-state index contributed by atoms with van der Waals surface area (Å²) in [4.78, 5) is 0. The lowest BCUT2D eigenvalue weighted by molar-refractivity contribution is 1.17. The van der Waals surface area contributed by atoms with Crippen molar-refractivity contribution >= 4 is 87.2 Å². The monoisotopic (exact) mass is 890 g/mol. The lowest BCUT2D eigenvalue weighted by Gasteiger charge is -2.11. The summed E-state index contributed by atoms with van der Waals surface area (Å²) in [7, 11) is 0. The van der Waals surface area contributed by atoms with Crippen LogP contribution in [0.5, 0.6) is 0 Å². The Kier molecular flexibility index (Phi) is 8.33. The molecule has 0 saturated heterocycles. The molecule has 0 atom stereocenters. The zero-order valence-corrected chi connectivity index (χ0v) is 38.0. The van der Waals surface area contributed by atoms with Crippen molar-refractivity contribution in [1.29, 1.82) is 0 Å². The maximum Gasteiger partial charge on any atom is 0.0542 e. The topological polar surface area (TPSA) is 19.7 Å². The molecule has 0 spiro atoms. The number of hydrogen-bond acceptors (Lipinski definition) is 0. The maximum atomic E-state index is 2.47. The van der Waals surface area contributed by atoms with Crippen molar-refractivity contribution < 1.29 is 0 Å². The van der Waals surface area contributed by atoms with E-state index in [1.54, 1.807) is 0 Å². The van der Waals surface area contributed by atoms with E-state index < -0.39 is 0 Å². The number of hydrogen-bond donors (Lipinski definition) is 0. The van der Waals surface area contributed by atoms with Gasteiger partial charge in [-0.25, -0.2) is 0 Å². The normalized spacial score (nSPS) is 12.0. The smallest absolute Gasteiger partial charge is 0.0542 e. The van der Waals surface area contributed by atoms with Crippen molar-refractivity contribution in [2.24, 2.45) is 0 Å². The lowest BCUT2D eigenvalue weighted by atomic mass is 9.98. The molecule has 0 amide bonds. The van der Waals surface area contributed by atoms with Gasteiger partial charge >= 0.3 is 0 Å². The molecular formula is C66H42N4. The molecule has 4 aromatic heterocycles. The summed E-state index contributed by atoms with van der Waals surface area (Å²) in [5, 5.41) is 9.89. The third-order valence-corrected chi connectivity index (χ3v) is 14.7. The van der Waals surface area contributed by atoms with Gasteiger partial charge in [0.05, 0.1) is 44.1 Å². The van der Waals surface area contributed by atoms with Gasteiger partial charge in [-0.15, -0.1) is 0 Å². The first-order valence-electron chi connectivity index (χ1n) is 24.1. The van der Waals surface area contributed by atoms with Crippen LogP contribution in [0.15, 0.2) is 255 Å². The third-order valence-electron chi connectivity index (χ3n) is 14.7. The highest BCUT2D eigenvalue weighted by Gasteiger charge is 2.20. The van der Waals surface area contributed by atoms with Crippen molar-refractivity contribution in [2.75, 3.05) is 0 Å². The number of para-hydroxylation sites is 6. The summed E-state index contributed by atoms with van der Waals surface area (Å²) in [5.41, 5.74) is 18.9. The molecule has 0 saturated carbocycles. The van der Waals surface area contributed by atoms with Crippen molar-refractivity contribution in [3.8, 4) is 45.0 Å². The number of nitrogens with zero attached hydrogens (tertiary/aromatic N) is 4. The van der Waals surface area contributed by atoms with Gasteiger partial charge < -0.3 is 18.3 Å². The van der Waals surface area contributed by atoms with Gasteiger partial charge in [0, 0.05) is 65.8 Å². The number of rotatable bonds is 6. The lowest BCUT2D eigenvalue weighted by Crippen LogP contribution is -1.95. The van der Waals surface area contributed by atoms with Crippen LogP contribution in [-0.4, -0.2) is 18.3 Å². The molecule has 15 rings (SSSR count). The Morgan fingerprint density at radius 1 is 0.157 bits per heavy atom. The summed E-state index contributed by atoms with van der Waals surface area (Å²) >= 11 is 0. The molecule has 0 aliphatic carbocycles. The minimum Gasteiger partial charge on any atom is -0.309 e. The average Bonchev–Trinajstić information content (AvgIpc) is 4.15. The van der Waals surface area contributed by atoms with Crippen LogP contribution in [0.3, 0.4) is 0 Å². The van der Waals surface area contributed by atoms with Gasteiger partial charge in [0.15, 0.2) is 0 Å². The molecule has 4 heterocycles. The minimum atomic E-state index is 1.13. The summed E-state index contributed by atoms with van der Waals surface area (Å²) in [6.45, 7) is 0. The standard InChI is InChI=1S/C66H42N4/c1-4-16-47(17-5-1)67-59-25-13-10-22-51(59)54-38-43(28-33-62(54)67)45-30-35-64-56(40-45)57-41-46(44-29-34-63-55(39-44)52-23-11-14-26-60(52)68(63)48-18-6-2-7-19-48)31-36-65(57)70(64)50-32-37-66-58(42-50)53-24-12-15-27-61(53)69(66)49-20-8-3-9-21-49/h1-42H. The number of aromatic nitrogens is 4. The van der Waals surface area contributed by atoms with Gasteiger partial charge in [-0.2, -0.15) is 0 Å². The Morgan fingerprint density at radius 2 is 0.400 bits per heavy atom. The SMILES string of the molecule is c1ccc(-n2c3ccccc3c3cc(-c4ccc5c(c4)c4cc(-c6ccc7c(c6)c6ccccc6n7-c6ccccc6)ccc4n5-c4ccc5c(c4)c4ccccc4n5-c4ccccc4)ccc32)cc1. The molecule has 4 heteroatoms. The second-order valence-corrected chi connectivity index (χ2v) is 18.5. The van der Waals surface area contributed by atoms with Crippen LogP contribution >= 0.6 is 0 Å². The Morgan fingerprint density at radius 3 is 0.743 bits per heavy atom. The third kappa shape index (κ3) is 5.71. The molecule has 0 fully saturated rings. The fourth-order valence-electron chi connectivity index (χ4n) is 11.6. The fraction of sp³-hybridized carbons (Fsp3) is 0. The van der Waals surface area contributed by atoms with E-state index in [9.17, 15) is 0 Å². The average molecular weight is 891 g/mol. The Labute approximate surface area is 403 Å². The van der Waals surface area contributed by atoms with Gasteiger partial charge in [-0.3, -0.25) is 0 Å². The van der Waals surface area contributed by atoms with Crippen molar-refractivity contribution in [3.05, 3.63) is 255 Å². The molecule has 0 radical (unpaired) electrons. The Hall–Kier alpha value is -9.38. The summed E-state index contributed by atoms with van der Waals surface area (Å²) < 4.78 is 9.63. The van der Waals surface area contributed by atoms with Gasteiger partial charge in [0.1, 0.15) is 0 Å². The van der Waals surface area contributed by atoms with E-state index in [1.807, 2.05) is 0 Å². The maximum absolute atomic E-state index is 2.47. The molecule has 326 valence electrons. The van der Waals surface area contributed by atoms with Gasteiger partial charge in [-0.1, -0.05) is 133 Å². The molecule has 0 aliphatic heterocycles. The molecule has 0 bridgehead atoms. The second-order valence-electron chi connectivity index (χ2n) is 18.5. The molecule has 0 N–H and O–H groups in total. The highest BCUT2D eigenvalue weighted by Crippen LogP contribution is 2.42. The largest absolute Gasteiger partial charge is 0.309 e. The number of benzene rings is 11. The fourth-order valence-corrected chi connectivity index (χ4v) is 11.6. The van der Waals surface area contributed by atoms with Crippen LogP contribution in [0.4, 0.5) is 0 Å². The summed E-state index contributed by atoms with van der Waals surface area (Å²) in [5.74, 6) is 0. The minimum absolute atomic E-state index is 1.13. The molecular weight excluding hydrogens is 849 g/mol. The zero-order valence-electron chi connectivity index (χ0n) is 38.0. The van der Waals surface area contributed by atoms with E-state index >= 15 is 0 Å². The van der Waals surface area contributed by atoms with E-state index in [2.05, 4.69) is 273 Å². The molecule has 11 aromatic carbocycles. The molecule has 70 heavy (non-hydrogen) atoms. The van der Waals surface area contributed by atoms with Crippen LogP contribution in [0.1, 0.15) is 0 Å². The highest BCUT2D eigenvalue weighted by molar-refractivity contribution is 6.16. The number of fused-ring (bicyclic) bond motifs is 12. The van der Waals surface area contributed by atoms with Crippen LogP contribution in [0.2, 0.25) is 0 Å². The quantitative estimate of drug-likeness (QED) is 0.158. The highest BCUT2D eigenvalue weighted by atomic mass is 15.0. The Bertz CT molecular complexity index is 4350. The van der Waals surface area contributed by atoms with E-state index in [0.717, 1.165) is 22.7 Å². The Balaban J connectivity index is 0.950. The predicted octanol–water partition coefficient (Wildman–Crippen LogP) is 17.4. The van der Waals surface area contributed by atoms with E-state index in [4.69, 9.17) is 0 Å². The molecule has 0 aliphatic rings. The van der Waals surface area contributed by atoms with E-state index in [1.165, 1.54) is 109 Å². The van der Waals surface area contributed by atoms with Crippen LogP contribution in [-0.2, 0) is 0 Å². The summed E-state index contributed by atoms with van der Waals surface area (Å²) in [6, 6.07) is 93.6. The first-order chi connectivity index (χ1) is 34.7. The van der Waals surface area contributed by atoms with Crippen molar-refractivity contribution in [2.45, 2.75) is 0 Å². The van der Waals surface area contributed by atoms with Gasteiger partial charge in [0.25, 0.3) is 0 Å². The first kappa shape index (κ1) is 38.7. The predicted molar refractivity (Wildman–Crippen MR) is 295 cm³/mol. The van der Waals surface area contributed by atoms with E-state index in [0.29, 0.717) is 0 Å². The van der Waals surface area contributed by atoms with Crippen molar-refractivity contribution in [3.63, 3.8) is 0 Å². The van der Waals surface area contributed by atoms with Crippen LogP contribution in [0.25, 0.3) is 132 Å². The second kappa shape index (κ2) is 15.1. The van der Waals surface area contributed by atoms with Gasteiger partial charge in [-0.05, 0) is 144 Å². The zero-order chi connectivity index (χ0) is 45.9. The van der Waals surface area contributed by atoms with Crippen molar-refractivity contribution in [1.82, 2.24) is 18.3 Å². The van der Waals surface area contributed by atoms with Gasteiger partial charge in [0.2, 0.25) is 0 Å². The molecule has 15 aromatic rings. The first-order valence-corrected chi connectivity index (χ1v) is 24.1. The van der Waals surface area contributed by atoms with Crippen LogP contribution < -0.4 is 0 Å². The van der Waals surface area contributed by atoms with E-state index in [-0.39, 0.29) is 0 Å². The summed E-state index contributed by atoms with van der Waals surface area (Å²) in [6.07, 6.45) is 0. The molecule has 4 nitrogen and oxygen atoms in total. The van der Waals surface area contributed by atoms with Crippen LogP contribution in [0, 0.1) is 0 Å².